The Morgan fingerprint density at radius 2 is 1.85 bits per heavy atom. The molecule has 2 aliphatic heterocycles. The van der Waals surface area contributed by atoms with Crippen LogP contribution in [0.4, 0.5) is 10.1 Å². The summed E-state index contributed by atoms with van der Waals surface area (Å²) >= 11 is 0. The summed E-state index contributed by atoms with van der Waals surface area (Å²) in [6.07, 6.45) is 3.46. The van der Waals surface area contributed by atoms with E-state index >= 15 is 0 Å². The molecule has 2 aliphatic rings. The standard InChI is InChI=1S/C24H26FN7O2/c1-15-3-6-21(32-26-8-9-27-32)19(13-15)23(34)31-12-11-30(10-7-16(31)2)24-28-20-5-4-17(25)14-18(20)22(33)29-24/h3-6,8-9,13-14,16,24,28H,7,10-12H2,1-2H3,(H,29,33). The first-order chi connectivity index (χ1) is 16.4. The molecule has 3 aromatic rings. The van der Waals surface area contributed by atoms with Gasteiger partial charge in [-0.05, 0) is 50.6 Å². The van der Waals surface area contributed by atoms with E-state index in [0.29, 0.717) is 36.6 Å². The maximum absolute atomic E-state index is 13.7. The van der Waals surface area contributed by atoms with Crippen LogP contribution in [0.1, 0.15) is 39.6 Å². The highest BCUT2D eigenvalue weighted by Gasteiger charge is 2.33. The van der Waals surface area contributed by atoms with Crippen LogP contribution < -0.4 is 10.6 Å². The fraction of sp³-hybridized carbons (Fsp3) is 0.333. The summed E-state index contributed by atoms with van der Waals surface area (Å²) in [4.78, 5) is 31.7. The quantitative estimate of drug-likeness (QED) is 0.619. The summed E-state index contributed by atoms with van der Waals surface area (Å²) in [6.45, 7) is 5.72. The molecular formula is C24H26FN7O2. The van der Waals surface area contributed by atoms with Gasteiger partial charge < -0.3 is 15.5 Å². The molecule has 0 aliphatic carbocycles. The minimum Gasteiger partial charge on any atom is -0.352 e. The van der Waals surface area contributed by atoms with Gasteiger partial charge in [-0.1, -0.05) is 11.6 Å². The fourth-order valence-corrected chi connectivity index (χ4v) is 4.53. The van der Waals surface area contributed by atoms with E-state index in [4.69, 9.17) is 0 Å². The van der Waals surface area contributed by atoms with Crippen molar-refractivity contribution in [3.8, 4) is 5.69 Å². The number of aromatic nitrogens is 3. The van der Waals surface area contributed by atoms with E-state index in [1.54, 1.807) is 18.5 Å². The Bertz CT molecular complexity index is 1230. The molecule has 176 valence electrons. The maximum atomic E-state index is 13.7. The molecule has 0 spiro atoms. The number of aryl methyl sites for hydroxylation is 1. The zero-order valence-corrected chi connectivity index (χ0v) is 19.0. The summed E-state index contributed by atoms with van der Waals surface area (Å²) in [7, 11) is 0. The Morgan fingerprint density at radius 1 is 1.06 bits per heavy atom. The molecule has 2 aromatic carbocycles. The summed E-state index contributed by atoms with van der Waals surface area (Å²) in [6, 6.07) is 9.80. The number of hydrogen-bond donors (Lipinski definition) is 2. The molecule has 3 heterocycles. The van der Waals surface area contributed by atoms with Gasteiger partial charge in [-0.3, -0.25) is 14.5 Å². The number of hydrogen-bond acceptors (Lipinski definition) is 6. The van der Waals surface area contributed by atoms with E-state index in [-0.39, 0.29) is 23.4 Å². The maximum Gasteiger partial charge on any atom is 0.256 e. The van der Waals surface area contributed by atoms with E-state index in [1.807, 2.05) is 36.9 Å². The van der Waals surface area contributed by atoms with Crippen molar-refractivity contribution in [3.63, 3.8) is 0 Å². The van der Waals surface area contributed by atoms with Crippen molar-refractivity contribution >= 4 is 17.5 Å². The topological polar surface area (TPSA) is 95.4 Å². The third kappa shape index (κ3) is 4.12. The molecule has 2 atom stereocenters. The number of nitrogens with one attached hydrogen (secondary N) is 2. The second kappa shape index (κ2) is 8.86. The lowest BCUT2D eigenvalue weighted by Crippen LogP contribution is -2.56. The van der Waals surface area contributed by atoms with Crippen molar-refractivity contribution in [1.82, 2.24) is 30.1 Å². The van der Waals surface area contributed by atoms with Gasteiger partial charge in [-0.25, -0.2) is 4.39 Å². The molecule has 5 rings (SSSR count). The van der Waals surface area contributed by atoms with Gasteiger partial charge in [0.15, 0.2) is 6.29 Å². The Morgan fingerprint density at radius 3 is 2.65 bits per heavy atom. The number of benzene rings is 2. The highest BCUT2D eigenvalue weighted by Crippen LogP contribution is 2.25. The molecule has 0 radical (unpaired) electrons. The van der Waals surface area contributed by atoms with Crippen molar-refractivity contribution in [2.45, 2.75) is 32.6 Å². The predicted molar refractivity (Wildman–Crippen MR) is 124 cm³/mol. The van der Waals surface area contributed by atoms with Gasteiger partial charge in [-0.2, -0.15) is 15.0 Å². The SMILES string of the molecule is Cc1ccc(-n2nccn2)c(C(=O)N2CCN(C3NC(=O)c4cc(F)ccc4N3)CCC2C)c1. The van der Waals surface area contributed by atoms with E-state index in [9.17, 15) is 14.0 Å². The van der Waals surface area contributed by atoms with E-state index in [0.717, 1.165) is 12.0 Å². The molecule has 2 N–H and O–H groups in total. The van der Waals surface area contributed by atoms with Crippen molar-refractivity contribution in [3.05, 3.63) is 71.3 Å². The molecule has 1 aromatic heterocycles. The summed E-state index contributed by atoms with van der Waals surface area (Å²) < 4.78 is 13.6. The first-order valence-electron chi connectivity index (χ1n) is 11.3. The lowest BCUT2D eigenvalue weighted by molar-refractivity contribution is 0.0693. The Kier molecular flexibility index (Phi) is 5.74. The van der Waals surface area contributed by atoms with E-state index < -0.39 is 12.1 Å². The minimum absolute atomic E-state index is 0.00267. The lowest BCUT2D eigenvalue weighted by Gasteiger charge is -2.36. The van der Waals surface area contributed by atoms with Gasteiger partial charge in [0.2, 0.25) is 0 Å². The summed E-state index contributed by atoms with van der Waals surface area (Å²) in [5.41, 5.74) is 3.05. The number of anilines is 1. The summed E-state index contributed by atoms with van der Waals surface area (Å²) in [5.74, 6) is -0.848. The van der Waals surface area contributed by atoms with Crippen LogP contribution in [-0.4, -0.2) is 68.6 Å². The molecule has 1 fully saturated rings. The smallest absolute Gasteiger partial charge is 0.256 e. The first-order valence-corrected chi connectivity index (χ1v) is 11.3. The van der Waals surface area contributed by atoms with E-state index in [2.05, 4.69) is 25.7 Å². The molecule has 34 heavy (non-hydrogen) atoms. The van der Waals surface area contributed by atoms with Gasteiger partial charge in [-0.15, -0.1) is 0 Å². The second-order valence-electron chi connectivity index (χ2n) is 8.72. The minimum atomic E-state index is -0.451. The van der Waals surface area contributed by atoms with Crippen molar-refractivity contribution in [1.29, 1.82) is 0 Å². The average molecular weight is 464 g/mol. The van der Waals surface area contributed by atoms with Crippen LogP contribution in [0.3, 0.4) is 0 Å². The molecule has 0 bridgehead atoms. The van der Waals surface area contributed by atoms with Crippen LogP contribution in [-0.2, 0) is 0 Å². The van der Waals surface area contributed by atoms with Crippen molar-refractivity contribution in [2.75, 3.05) is 25.0 Å². The number of nitrogens with zero attached hydrogens (tertiary/aromatic N) is 5. The van der Waals surface area contributed by atoms with Crippen molar-refractivity contribution in [2.24, 2.45) is 0 Å². The molecule has 9 nitrogen and oxygen atoms in total. The monoisotopic (exact) mass is 463 g/mol. The predicted octanol–water partition coefficient (Wildman–Crippen LogP) is 2.39. The highest BCUT2D eigenvalue weighted by atomic mass is 19.1. The summed E-state index contributed by atoms with van der Waals surface area (Å²) in [5, 5.41) is 14.6. The number of amides is 2. The van der Waals surface area contributed by atoms with Gasteiger partial charge in [0.05, 0.1) is 29.2 Å². The number of fused-ring (bicyclic) bond motifs is 1. The fourth-order valence-electron chi connectivity index (χ4n) is 4.53. The largest absolute Gasteiger partial charge is 0.352 e. The third-order valence-corrected chi connectivity index (χ3v) is 6.42. The number of rotatable bonds is 3. The molecule has 2 amide bonds. The van der Waals surface area contributed by atoms with Gasteiger partial charge in [0, 0.05) is 31.4 Å². The Hall–Kier alpha value is -3.79. The lowest BCUT2D eigenvalue weighted by atomic mass is 10.1. The van der Waals surface area contributed by atoms with Crippen LogP contribution in [0.25, 0.3) is 5.69 Å². The molecular weight excluding hydrogens is 437 g/mol. The third-order valence-electron chi connectivity index (χ3n) is 6.42. The van der Waals surface area contributed by atoms with Crippen LogP contribution in [0, 0.1) is 12.7 Å². The van der Waals surface area contributed by atoms with Gasteiger partial charge in [0.25, 0.3) is 11.8 Å². The number of halogens is 1. The first kappa shape index (κ1) is 22.0. The Balaban J connectivity index is 1.35. The molecule has 1 saturated heterocycles. The number of carbonyl (C=O) groups is 2. The van der Waals surface area contributed by atoms with E-state index in [1.165, 1.54) is 16.9 Å². The Labute approximate surface area is 196 Å². The van der Waals surface area contributed by atoms with Gasteiger partial charge in [0.1, 0.15) is 5.82 Å². The molecule has 0 saturated carbocycles. The van der Waals surface area contributed by atoms with Crippen LogP contribution in [0.2, 0.25) is 0 Å². The van der Waals surface area contributed by atoms with Crippen LogP contribution in [0.15, 0.2) is 48.8 Å². The molecule has 2 unspecified atom stereocenters. The number of carbonyl (C=O) groups excluding carboxylic acids is 2. The van der Waals surface area contributed by atoms with Crippen LogP contribution >= 0.6 is 0 Å². The van der Waals surface area contributed by atoms with Crippen molar-refractivity contribution < 1.29 is 14.0 Å². The van der Waals surface area contributed by atoms with Gasteiger partial charge >= 0.3 is 0 Å². The molecule has 10 heteroatoms. The zero-order chi connectivity index (χ0) is 23.8. The van der Waals surface area contributed by atoms with Crippen LogP contribution in [0.5, 0.6) is 0 Å². The average Bonchev–Trinajstić information content (AvgIpc) is 3.28. The zero-order valence-electron chi connectivity index (χ0n) is 19.0. The highest BCUT2D eigenvalue weighted by molar-refractivity contribution is 6.01. The normalized spacial score (nSPS) is 20.8. The second-order valence-corrected chi connectivity index (χ2v) is 8.72.